The maximum atomic E-state index is 11.1. The summed E-state index contributed by atoms with van der Waals surface area (Å²) in [6, 6.07) is 7.23. The van der Waals surface area contributed by atoms with Crippen molar-refractivity contribution in [1.29, 1.82) is 0 Å². The van der Waals surface area contributed by atoms with Gasteiger partial charge in [0.05, 0.1) is 11.3 Å². The first-order valence-electron chi connectivity index (χ1n) is 4.22. The predicted octanol–water partition coefficient (Wildman–Crippen LogP) is 1.53. The van der Waals surface area contributed by atoms with Gasteiger partial charge in [-0.1, -0.05) is 12.1 Å². The van der Waals surface area contributed by atoms with Gasteiger partial charge in [0.15, 0.2) is 0 Å². The summed E-state index contributed by atoms with van der Waals surface area (Å²) < 4.78 is 4.67. The Balaban J connectivity index is 2.55. The zero-order valence-electron chi connectivity index (χ0n) is 7.70. The summed E-state index contributed by atoms with van der Waals surface area (Å²) in [5.74, 6) is 0. The molecule has 0 atom stereocenters. The van der Waals surface area contributed by atoms with Gasteiger partial charge in [0, 0.05) is 11.3 Å². The molecule has 0 spiro atoms. The van der Waals surface area contributed by atoms with E-state index in [1.807, 2.05) is 12.1 Å². The molecule has 14 heavy (non-hydrogen) atoms. The van der Waals surface area contributed by atoms with Gasteiger partial charge in [-0.25, -0.2) is 9.95 Å². The Morgan fingerprint density at radius 3 is 2.43 bits per heavy atom. The Bertz CT molecular complexity index is 494. The largest absolute Gasteiger partial charge is 0.399 e. The van der Waals surface area contributed by atoms with Crippen LogP contribution in [-0.2, 0) is 0 Å². The highest BCUT2D eigenvalue weighted by atomic mass is 16.5. The van der Waals surface area contributed by atoms with Gasteiger partial charge >= 0.3 is 5.63 Å². The second kappa shape index (κ2) is 3.06. The number of anilines is 1. The number of nitrogens with two attached hydrogens (primary N) is 1. The van der Waals surface area contributed by atoms with Gasteiger partial charge in [0.25, 0.3) is 0 Å². The first-order chi connectivity index (χ1) is 6.68. The minimum atomic E-state index is -0.336. The first-order valence-corrected chi connectivity index (χ1v) is 4.22. The van der Waals surface area contributed by atoms with Gasteiger partial charge in [-0.2, -0.15) is 0 Å². The summed E-state index contributed by atoms with van der Waals surface area (Å²) in [5.41, 5.74) is 8.08. The molecule has 4 nitrogen and oxygen atoms in total. The monoisotopic (exact) mass is 190 g/mol. The van der Waals surface area contributed by atoms with Gasteiger partial charge < -0.3 is 10.3 Å². The van der Waals surface area contributed by atoms with Crippen molar-refractivity contribution >= 4 is 5.69 Å². The smallest absolute Gasteiger partial charge is 0.360 e. The van der Waals surface area contributed by atoms with Crippen LogP contribution in [0.1, 0.15) is 5.56 Å². The molecule has 2 aromatic rings. The standard InChI is InChI=1S/C10H10N2O2/c1-6-9(12-14-10(6)13)7-2-4-8(11)5-3-7/h2-5,12H,11H2,1H3. The fraction of sp³-hybridized carbons (Fsp3) is 0.100. The SMILES string of the molecule is Cc1c(-c2ccc(N)cc2)[nH]oc1=O. The lowest BCUT2D eigenvalue weighted by molar-refractivity contribution is 0.393. The van der Waals surface area contributed by atoms with Crippen LogP contribution in [-0.4, -0.2) is 5.16 Å². The lowest BCUT2D eigenvalue weighted by Gasteiger charge is -1.98. The molecule has 0 aliphatic heterocycles. The van der Waals surface area contributed by atoms with Gasteiger partial charge in [0.1, 0.15) is 0 Å². The normalized spacial score (nSPS) is 10.4. The van der Waals surface area contributed by atoms with E-state index in [1.165, 1.54) is 0 Å². The zero-order chi connectivity index (χ0) is 10.1. The van der Waals surface area contributed by atoms with Crippen LogP contribution in [0.25, 0.3) is 11.3 Å². The predicted molar refractivity (Wildman–Crippen MR) is 53.9 cm³/mol. The number of aromatic nitrogens is 1. The molecule has 1 aromatic heterocycles. The number of nitrogens with one attached hydrogen (secondary N) is 1. The van der Waals surface area contributed by atoms with E-state index in [0.717, 1.165) is 5.56 Å². The summed E-state index contributed by atoms with van der Waals surface area (Å²) >= 11 is 0. The third-order valence-electron chi connectivity index (χ3n) is 2.13. The van der Waals surface area contributed by atoms with Crippen molar-refractivity contribution in [2.45, 2.75) is 6.92 Å². The molecule has 2 rings (SSSR count). The Morgan fingerprint density at radius 2 is 1.93 bits per heavy atom. The Labute approximate surface area is 80.3 Å². The maximum Gasteiger partial charge on any atom is 0.360 e. The van der Waals surface area contributed by atoms with Gasteiger partial charge in [-0.15, -0.1) is 0 Å². The zero-order valence-corrected chi connectivity index (χ0v) is 7.70. The lowest BCUT2D eigenvalue weighted by Crippen LogP contribution is -1.95. The third-order valence-corrected chi connectivity index (χ3v) is 2.13. The van der Waals surface area contributed by atoms with E-state index in [1.54, 1.807) is 19.1 Å². The summed E-state index contributed by atoms with van der Waals surface area (Å²) in [4.78, 5) is 11.1. The number of H-pyrrole nitrogens is 1. The molecule has 3 N–H and O–H groups in total. The molecule has 0 bridgehead atoms. The number of aromatic amines is 1. The van der Waals surface area contributed by atoms with Crippen LogP contribution in [0.4, 0.5) is 5.69 Å². The fourth-order valence-corrected chi connectivity index (χ4v) is 1.28. The van der Waals surface area contributed by atoms with E-state index in [2.05, 4.69) is 9.68 Å². The highest BCUT2D eigenvalue weighted by Gasteiger charge is 2.08. The van der Waals surface area contributed by atoms with Crippen molar-refractivity contribution in [3.63, 3.8) is 0 Å². The molecule has 0 saturated carbocycles. The molecule has 72 valence electrons. The summed E-state index contributed by atoms with van der Waals surface area (Å²) in [7, 11) is 0. The second-order valence-electron chi connectivity index (χ2n) is 3.11. The molecule has 1 heterocycles. The molecular formula is C10H10N2O2. The van der Waals surface area contributed by atoms with E-state index in [9.17, 15) is 4.79 Å². The molecule has 1 aromatic carbocycles. The topological polar surface area (TPSA) is 72.0 Å². The van der Waals surface area contributed by atoms with E-state index < -0.39 is 0 Å². The number of nitrogen functional groups attached to an aromatic ring is 1. The van der Waals surface area contributed by atoms with Crippen molar-refractivity contribution in [2.75, 3.05) is 5.73 Å². The van der Waals surface area contributed by atoms with Gasteiger partial charge in [0.2, 0.25) is 0 Å². The van der Waals surface area contributed by atoms with E-state index in [0.29, 0.717) is 16.9 Å². The van der Waals surface area contributed by atoms with Crippen LogP contribution in [0.5, 0.6) is 0 Å². The molecule has 0 amide bonds. The molecule has 0 fully saturated rings. The molecule has 4 heteroatoms. The molecule has 0 unspecified atom stereocenters. The van der Waals surface area contributed by atoms with Crippen molar-refractivity contribution in [1.82, 2.24) is 5.16 Å². The Morgan fingerprint density at radius 1 is 1.29 bits per heavy atom. The van der Waals surface area contributed by atoms with E-state index in [4.69, 9.17) is 5.73 Å². The lowest BCUT2D eigenvalue weighted by atomic mass is 10.1. The van der Waals surface area contributed by atoms with Crippen molar-refractivity contribution < 1.29 is 4.52 Å². The Kier molecular flexibility index (Phi) is 1.89. The Hall–Kier alpha value is -1.97. The summed E-state index contributed by atoms with van der Waals surface area (Å²) in [6.07, 6.45) is 0. The van der Waals surface area contributed by atoms with Crippen LogP contribution in [0.15, 0.2) is 33.6 Å². The highest BCUT2D eigenvalue weighted by molar-refractivity contribution is 5.63. The molecule has 0 aliphatic carbocycles. The van der Waals surface area contributed by atoms with Crippen LogP contribution in [0.3, 0.4) is 0 Å². The third kappa shape index (κ3) is 1.31. The van der Waals surface area contributed by atoms with Crippen LogP contribution < -0.4 is 11.4 Å². The number of benzene rings is 1. The second-order valence-corrected chi connectivity index (χ2v) is 3.11. The first kappa shape index (κ1) is 8.62. The minimum Gasteiger partial charge on any atom is -0.399 e. The van der Waals surface area contributed by atoms with Crippen molar-refractivity contribution in [3.8, 4) is 11.3 Å². The molecule has 0 aliphatic rings. The van der Waals surface area contributed by atoms with Gasteiger partial charge in [-0.3, -0.25) is 0 Å². The summed E-state index contributed by atoms with van der Waals surface area (Å²) in [6.45, 7) is 1.72. The van der Waals surface area contributed by atoms with Crippen LogP contribution in [0.2, 0.25) is 0 Å². The van der Waals surface area contributed by atoms with E-state index >= 15 is 0 Å². The summed E-state index contributed by atoms with van der Waals surface area (Å²) in [5, 5.41) is 2.58. The number of hydrogen-bond donors (Lipinski definition) is 2. The van der Waals surface area contributed by atoms with Crippen LogP contribution in [0, 0.1) is 6.92 Å². The molecular weight excluding hydrogens is 180 g/mol. The average molecular weight is 190 g/mol. The molecule has 0 saturated heterocycles. The minimum absolute atomic E-state index is 0.336. The van der Waals surface area contributed by atoms with E-state index in [-0.39, 0.29) is 5.63 Å². The number of hydrogen-bond acceptors (Lipinski definition) is 3. The van der Waals surface area contributed by atoms with Crippen molar-refractivity contribution in [2.24, 2.45) is 0 Å². The number of rotatable bonds is 1. The highest BCUT2D eigenvalue weighted by Crippen LogP contribution is 2.19. The fourth-order valence-electron chi connectivity index (χ4n) is 1.28. The van der Waals surface area contributed by atoms with Gasteiger partial charge in [-0.05, 0) is 19.1 Å². The van der Waals surface area contributed by atoms with Crippen molar-refractivity contribution in [3.05, 3.63) is 40.2 Å². The maximum absolute atomic E-state index is 11.1. The average Bonchev–Trinajstić information content (AvgIpc) is 2.50. The molecule has 0 radical (unpaired) electrons. The van der Waals surface area contributed by atoms with Crippen LogP contribution >= 0.6 is 0 Å². The quantitative estimate of drug-likeness (QED) is 0.670.